The molecule has 4 heteroatoms. The van der Waals surface area contributed by atoms with E-state index >= 15 is 0 Å². The summed E-state index contributed by atoms with van der Waals surface area (Å²) < 4.78 is 0. The Morgan fingerprint density at radius 2 is 2.00 bits per heavy atom. The molecular formula is C23H34O4. The lowest BCUT2D eigenvalue weighted by atomic mass is 9.86. The van der Waals surface area contributed by atoms with Gasteiger partial charge in [0.2, 0.25) is 0 Å². The molecule has 1 aliphatic rings. The van der Waals surface area contributed by atoms with Crippen LogP contribution in [-0.2, 0) is 9.59 Å². The molecule has 0 unspecified atom stereocenters. The van der Waals surface area contributed by atoms with Crippen LogP contribution in [0, 0.1) is 24.2 Å². The third-order valence-corrected chi connectivity index (χ3v) is 5.27. The van der Waals surface area contributed by atoms with Crippen LogP contribution in [0.25, 0.3) is 0 Å². The third kappa shape index (κ3) is 8.58. The second-order valence-corrected chi connectivity index (χ2v) is 7.46. The molecule has 0 bridgehead atoms. The summed E-state index contributed by atoms with van der Waals surface area (Å²) in [6, 6.07) is 0. The Morgan fingerprint density at radius 3 is 2.59 bits per heavy atom. The Balaban J connectivity index is 2.31. The average molecular weight is 375 g/mol. The number of allylic oxidation sites excluding steroid dienone is 3. The molecule has 1 fully saturated rings. The van der Waals surface area contributed by atoms with Gasteiger partial charge >= 0.3 is 5.97 Å². The third-order valence-electron chi connectivity index (χ3n) is 5.27. The summed E-state index contributed by atoms with van der Waals surface area (Å²) in [5, 5.41) is 19.7. The van der Waals surface area contributed by atoms with Crippen LogP contribution < -0.4 is 0 Å². The molecule has 0 aromatic rings. The first kappa shape index (κ1) is 23.2. The number of carbonyl (C=O) groups is 2. The molecule has 0 aromatic heterocycles. The molecular weight excluding hydrogens is 340 g/mol. The summed E-state index contributed by atoms with van der Waals surface area (Å²) in [6.45, 7) is 2.11. The monoisotopic (exact) mass is 374 g/mol. The van der Waals surface area contributed by atoms with Gasteiger partial charge in [0.25, 0.3) is 0 Å². The van der Waals surface area contributed by atoms with Gasteiger partial charge in [0.1, 0.15) is 11.4 Å². The molecule has 1 rings (SSSR count). The quantitative estimate of drug-likeness (QED) is 0.279. The van der Waals surface area contributed by atoms with Gasteiger partial charge in [-0.1, -0.05) is 43.9 Å². The number of carboxylic acid groups (broad SMARTS) is 1. The lowest BCUT2D eigenvalue weighted by Gasteiger charge is -2.17. The van der Waals surface area contributed by atoms with Gasteiger partial charge < -0.3 is 10.2 Å². The van der Waals surface area contributed by atoms with Crippen LogP contribution in [0.2, 0.25) is 0 Å². The van der Waals surface area contributed by atoms with Crippen molar-refractivity contribution in [1.82, 2.24) is 0 Å². The number of carbonyl (C=O) groups excluding carboxylic acids is 1. The maximum atomic E-state index is 11.8. The zero-order chi connectivity index (χ0) is 20.1. The molecule has 0 heterocycles. The van der Waals surface area contributed by atoms with Crippen LogP contribution in [-0.4, -0.2) is 27.6 Å². The Labute approximate surface area is 163 Å². The Hall–Kier alpha value is -1.86. The minimum absolute atomic E-state index is 0.108. The summed E-state index contributed by atoms with van der Waals surface area (Å²) in [4.78, 5) is 23.2. The number of terminal acetylenes is 1. The first-order valence-electron chi connectivity index (χ1n) is 10.2. The largest absolute Gasteiger partial charge is 0.481 e. The Bertz CT molecular complexity index is 569. The highest BCUT2D eigenvalue weighted by atomic mass is 16.4. The number of aliphatic hydroxyl groups is 1. The lowest BCUT2D eigenvalue weighted by Crippen LogP contribution is -2.26. The lowest BCUT2D eigenvalue weighted by molar-refractivity contribution is -0.146. The van der Waals surface area contributed by atoms with E-state index in [9.17, 15) is 19.8 Å². The fraction of sp³-hybridized carbons (Fsp3) is 0.652. The first-order valence-corrected chi connectivity index (χ1v) is 10.2. The highest BCUT2D eigenvalue weighted by Gasteiger charge is 2.35. The van der Waals surface area contributed by atoms with E-state index in [0.717, 1.165) is 38.5 Å². The van der Waals surface area contributed by atoms with Crippen molar-refractivity contribution in [3.05, 3.63) is 24.3 Å². The maximum Gasteiger partial charge on any atom is 0.307 e. The van der Waals surface area contributed by atoms with Gasteiger partial charge in [-0.25, -0.2) is 0 Å². The van der Waals surface area contributed by atoms with Crippen LogP contribution >= 0.6 is 0 Å². The molecule has 150 valence electrons. The SMILES string of the molecule is C#C[C@](O)(/C=C\CC/C=C/CC[C@H](C(=O)O)[C@H]1CCCC1=O)CCCCC. The predicted molar refractivity (Wildman–Crippen MR) is 108 cm³/mol. The van der Waals surface area contributed by atoms with Crippen molar-refractivity contribution in [2.45, 2.75) is 83.2 Å². The molecule has 2 N–H and O–H groups in total. The van der Waals surface area contributed by atoms with Gasteiger partial charge in [-0.2, -0.15) is 0 Å². The van der Waals surface area contributed by atoms with Crippen molar-refractivity contribution in [1.29, 1.82) is 0 Å². The average Bonchev–Trinajstić information content (AvgIpc) is 3.06. The van der Waals surface area contributed by atoms with E-state index in [1.165, 1.54) is 0 Å². The van der Waals surface area contributed by atoms with Crippen molar-refractivity contribution in [2.24, 2.45) is 11.8 Å². The van der Waals surface area contributed by atoms with Crippen molar-refractivity contribution in [3.8, 4) is 12.3 Å². The van der Waals surface area contributed by atoms with Gasteiger partial charge in [0.05, 0.1) is 5.92 Å². The number of carboxylic acids is 1. The molecule has 0 saturated heterocycles. The number of unbranched alkanes of at least 4 members (excludes halogenated alkanes) is 3. The minimum atomic E-state index is -1.15. The minimum Gasteiger partial charge on any atom is -0.481 e. The van der Waals surface area contributed by atoms with Gasteiger partial charge in [-0.15, -0.1) is 6.42 Å². The zero-order valence-electron chi connectivity index (χ0n) is 16.5. The van der Waals surface area contributed by atoms with Gasteiger partial charge in [-0.3, -0.25) is 9.59 Å². The topological polar surface area (TPSA) is 74.6 Å². The number of rotatable bonds is 13. The van der Waals surface area contributed by atoms with E-state index in [-0.39, 0.29) is 11.7 Å². The second kappa shape index (κ2) is 12.5. The molecule has 4 nitrogen and oxygen atoms in total. The van der Waals surface area contributed by atoms with Gasteiger partial charge in [0.15, 0.2) is 0 Å². The standard InChI is InChI=1S/C23H34O4/c1-3-5-11-17-23(27,4-2)18-12-9-7-6-8-10-14-20(22(25)26)19-15-13-16-21(19)24/h2,6,8,12,18-20,27H,3,5,7,9-11,13-17H2,1H3,(H,25,26)/b8-6+,18-12-/t19-,20+,23-/m1/s1. The van der Waals surface area contributed by atoms with E-state index < -0.39 is 17.5 Å². The number of Topliss-reactive ketones (excluding diaryl/α,β-unsaturated/α-hetero) is 1. The van der Waals surface area contributed by atoms with Crippen LogP contribution in [0.1, 0.15) is 77.6 Å². The second-order valence-electron chi connectivity index (χ2n) is 7.46. The highest BCUT2D eigenvalue weighted by molar-refractivity contribution is 5.87. The van der Waals surface area contributed by atoms with Crippen LogP contribution in [0.15, 0.2) is 24.3 Å². The smallest absolute Gasteiger partial charge is 0.307 e. The normalized spacial score (nSPS) is 20.8. The van der Waals surface area contributed by atoms with Gasteiger partial charge in [-0.05, 0) is 57.4 Å². The molecule has 1 saturated carbocycles. The summed E-state index contributed by atoms with van der Waals surface area (Å²) in [7, 11) is 0. The Morgan fingerprint density at radius 1 is 1.30 bits per heavy atom. The van der Waals surface area contributed by atoms with E-state index in [1.807, 2.05) is 18.2 Å². The van der Waals surface area contributed by atoms with Crippen LogP contribution in [0.5, 0.6) is 0 Å². The highest BCUT2D eigenvalue weighted by Crippen LogP contribution is 2.31. The van der Waals surface area contributed by atoms with E-state index in [0.29, 0.717) is 32.1 Å². The number of aliphatic carboxylic acids is 1. The van der Waals surface area contributed by atoms with Crippen molar-refractivity contribution in [3.63, 3.8) is 0 Å². The van der Waals surface area contributed by atoms with E-state index in [1.54, 1.807) is 6.08 Å². The fourth-order valence-electron chi connectivity index (χ4n) is 3.60. The molecule has 1 aliphatic carbocycles. The summed E-state index contributed by atoms with van der Waals surface area (Å²) >= 11 is 0. The van der Waals surface area contributed by atoms with Gasteiger partial charge in [0, 0.05) is 12.3 Å². The summed E-state index contributed by atoms with van der Waals surface area (Å²) in [5.41, 5.74) is -1.15. The van der Waals surface area contributed by atoms with Crippen LogP contribution in [0.3, 0.4) is 0 Å². The summed E-state index contributed by atoms with van der Waals surface area (Å²) in [6.07, 6.45) is 21.5. The first-order chi connectivity index (χ1) is 12.9. The summed E-state index contributed by atoms with van der Waals surface area (Å²) in [5.74, 6) is 0.864. The van der Waals surface area contributed by atoms with Crippen molar-refractivity contribution in [2.75, 3.05) is 0 Å². The van der Waals surface area contributed by atoms with Crippen LogP contribution in [0.4, 0.5) is 0 Å². The zero-order valence-corrected chi connectivity index (χ0v) is 16.5. The number of ketones is 1. The number of hydrogen-bond donors (Lipinski definition) is 2. The van der Waals surface area contributed by atoms with E-state index in [2.05, 4.69) is 12.8 Å². The number of hydrogen-bond acceptors (Lipinski definition) is 3. The van der Waals surface area contributed by atoms with Crippen molar-refractivity contribution < 1.29 is 19.8 Å². The molecule has 0 aliphatic heterocycles. The molecule has 0 amide bonds. The molecule has 3 atom stereocenters. The molecule has 0 aromatic carbocycles. The fourth-order valence-corrected chi connectivity index (χ4v) is 3.60. The van der Waals surface area contributed by atoms with Crippen molar-refractivity contribution >= 4 is 11.8 Å². The molecule has 0 radical (unpaired) electrons. The van der Waals surface area contributed by atoms with E-state index in [4.69, 9.17) is 6.42 Å². The molecule has 0 spiro atoms. The Kier molecular flexibility index (Phi) is 10.7. The maximum absolute atomic E-state index is 11.8. The predicted octanol–water partition coefficient (Wildman–Crippen LogP) is 4.67. The molecule has 27 heavy (non-hydrogen) atoms.